The number of aryl methyl sites for hydroxylation is 1. The van der Waals surface area contributed by atoms with Gasteiger partial charge in [0.1, 0.15) is 17.2 Å². The predicted molar refractivity (Wildman–Crippen MR) is 74.0 cm³/mol. The maximum Gasteiger partial charge on any atom is 0.352 e. The van der Waals surface area contributed by atoms with Crippen LogP contribution in [0.15, 0.2) is 16.9 Å². The largest absolute Gasteiger partial charge is 0.497 e. The molecule has 0 aliphatic heterocycles. The number of carboxylic acid groups (broad SMARTS) is 1. The zero-order valence-electron chi connectivity index (χ0n) is 11.7. The van der Waals surface area contributed by atoms with E-state index in [2.05, 4.69) is 0 Å². The Kier molecular flexibility index (Phi) is 3.40. The minimum absolute atomic E-state index is 0.0500. The number of benzene rings is 1. The molecule has 0 saturated heterocycles. The second kappa shape index (κ2) is 4.88. The highest BCUT2D eigenvalue weighted by Crippen LogP contribution is 2.30. The van der Waals surface area contributed by atoms with Crippen LogP contribution in [0.1, 0.15) is 16.1 Å². The molecule has 0 aliphatic rings. The number of carboxylic acids is 1. The third-order valence-corrected chi connectivity index (χ3v) is 3.32. The molecule has 0 aliphatic carbocycles. The van der Waals surface area contributed by atoms with Crippen molar-refractivity contribution in [2.45, 2.75) is 6.92 Å². The van der Waals surface area contributed by atoms with Gasteiger partial charge < -0.3 is 19.1 Å². The van der Waals surface area contributed by atoms with E-state index in [1.807, 2.05) is 0 Å². The second-order valence-electron chi connectivity index (χ2n) is 4.39. The highest BCUT2D eigenvalue weighted by atomic mass is 16.5. The molecule has 106 valence electrons. The summed E-state index contributed by atoms with van der Waals surface area (Å²) in [5, 5.41) is 9.64. The van der Waals surface area contributed by atoms with Crippen molar-refractivity contribution in [1.82, 2.24) is 4.57 Å². The molecule has 1 aromatic heterocycles. The molecule has 0 bridgehead atoms. The molecular weight excluding hydrogens is 262 g/mol. The zero-order valence-corrected chi connectivity index (χ0v) is 11.7. The number of hydrogen-bond acceptors (Lipinski definition) is 4. The van der Waals surface area contributed by atoms with Gasteiger partial charge in [-0.1, -0.05) is 0 Å². The van der Waals surface area contributed by atoms with Gasteiger partial charge in [0, 0.05) is 18.7 Å². The Bertz CT molecular complexity index is 760. The van der Waals surface area contributed by atoms with Crippen LogP contribution in [0.5, 0.6) is 11.5 Å². The zero-order chi connectivity index (χ0) is 15.0. The molecule has 0 amide bonds. The van der Waals surface area contributed by atoms with E-state index in [1.54, 1.807) is 19.2 Å². The molecule has 6 heteroatoms. The Hall–Kier alpha value is -2.50. The number of hydrogen-bond donors (Lipinski definition) is 1. The summed E-state index contributed by atoms with van der Waals surface area (Å²) in [6.07, 6.45) is 0. The number of ether oxygens (including phenoxy) is 2. The van der Waals surface area contributed by atoms with Gasteiger partial charge in [-0.2, -0.15) is 0 Å². The summed E-state index contributed by atoms with van der Waals surface area (Å²) in [6.45, 7) is 1.50. The van der Waals surface area contributed by atoms with Crippen LogP contribution in [0, 0.1) is 6.92 Å². The highest BCUT2D eigenvalue weighted by molar-refractivity contribution is 5.95. The average Bonchev–Trinajstić information content (AvgIpc) is 2.43. The molecule has 0 saturated carbocycles. The van der Waals surface area contributed by atoms with Gasteiger partial charge in [0.15, 0.2) is 5.43 Å². The van der Waals surface area contributed by atoms with Crippen molar-refractivity contribution in [1.29, 1.82) is 0 Å². The lowest BCUT2D eigenvalue weighted by atomic mass is 10.1. The van der Waals surface area contributed by atoms with E-state index in [4.69, 9.17) is 9.47 Å². The van der Waals surface area contributed by atoms with Crippen LogP contribution < -0.4 is 14.9 Å². The van der Waals surface area contributed by atoms with E-state index < -0.39 is 5.97 Å². The minimum Gasteiger partial charge on any atom is -0.497 e. The third kappa shape index (κ3) is 1.89. The van der Waals surface area contributed by atoms with Crippen molar-refractivity contribution in [2.24, 2.45) is 7.05 Å². The number of rotatable bonds is 3. The monoisotopic (exact) mass is 277 g/mol. The van der Waals surface area contributed by atoms with Crippen molar-refractivity contribution in [3.05, 3.63) is 33.6 Å². The van der Waals surface area contributed by atoms with Crippen LogP contribution in [0.4, 0.5) is 0 Å². The van der Waals surface area contributed by atoms with Gasteiger partial charge in [0.05, 0.1) is 25.1 Å². The Morgan fingerprint density at radius 3 is 2.40 bits per heavy atom. The topological polar surface area (TPSA) is 77.8 Å². The third-order valence-electron chi connectivity index (χ3n) is 3.32. The smallest absolute Gasteiger partial charge is 0.352 e. The standard InChI is InChI=1S/C14H15NO5/c1-7-11(14(17)18)15(2)12-9(13(7)16)5-8(19-3)6-10(12)20-4/h5-6H,1-4H3,(H,17,18). The van der Waals surface area contributed by atoms with E-state index in [0.717, 1.165) is 0 Å². The number of aromatic carboxylic acids is 1. The molecule has 2 rings (SSSR count). The molecule has 0 unspecified atom stereocenters. The van der Waals surface area contributed by atoms with E-state index in [1.165, 1.54) is 25.7 Å². The number of pyridine rings is 1. The first-order chi connectivity index (χ1) is 9.42. The first kappa shape index (κ1) is 13.9. The van der Waals surface area contributed by atoms with Crippen molar-refractivity contribution in [2.75, 3.05) is 14.2 Å². The number of methoxy groups -OCH3 is 2. The van der Waals surface area contributed by atoms with Gasteiger partial charge in [-0.15, -0.1) is 0 Å². The first-order valence-electron chi connectivity index (χ1n) is 5.91. The van der Waals surface area contributed by atoms with E-state index >= 15 is 0 Å². The van der Waals surface area contributed by atoms with Crippen LogP contribution in [-0.2, 0) is 7.05 Å². The lowest BCUT2D eigenvalue weighted by Gasteiger charge is -2.16. The number of nitrogens with zero attached hydrogens (tertiary/aromatic N) is 1. The summed E-state index contributed by atoms with van der Waals surface area (Å²) in [4.78, 5) is 23.7. The van der Waals surface area contributed by atoms with Gasteiger partial charge in [0.25, 0.3) is 0 Å². The summed E-state index contributed by atoms with van der Waals surface area (Å²) < 4.78 is 11.8. The fourth-order valence-corrected chi connectivity index (χ4v) is 2.35. The minimum atomic E-state index is -1.15. The maximum absolute atomic E-state index is 12.4. The quantitative estimate of drug-likeness (QED) is 0.921. The van der Waals surface area contributed by atoms with E-state index in [0.29, 0.717) is 22.4 Å². The Labute approximate surface area is 115 Å². The molecule has 1 aromatic carbocycles. The SMILES string of the molecule is COc1cc(OC)c2c(c1)c(=O)c(C)c(C(=O)O)n2C. The molecule has 1 heterocycles. The summed E-state index contributed by atoms with van der Waals surface area (Å²) >= 11 is 0. The summed E-state index contributed by atoms with van der Waals surface area (Å²) in [5.74, 6) is -0.280. The molecule has 0 fully saturated rings. The molecule has 0 spiro atoms. The molecule has 0 atom stereocenters. The molecule has 0 radical (unpaired) electrons. The molecule has 2 aromatic rings. The first-order valence-corrected chi connectivity index (χ1v) is 5.91. The van der Waals surface area contributed by atoms with E-state index in [-0.39, 0.29) is 16.7 Å². The number of fused-ring (bicyclic) bond motifs is 1. The van der Waals surface area contributed by atoms with Crippen molar-refractivity contribution in [3.8, 4) is 11.5 Å². The van der Waals surface area contributed by atoms with Crippen LogP contribution >= 0.6 is 0 Å². The van der Waals surface area contributed by atoms with Gasteiger partial charge in [0.2, 0.25) is 0 Å². The Morgan fingerprint density at radius 2 is 1.90 bits per heavy atom. The second-order valence-corrected chi connectivity index (χ2v) is 4.39. The van der Waals surface area contributed by atoms with Crippen LogP contribution in [-0.4, -0.2) is 29.9 Å². The van der Waals surface area contributed by atoms with Crippen LogP contribution in [0.3, 0.4) is 0 Å². The van der Waals surface area contributed by atoms with Crippen molar-refractivity contribution < 1.29 is 19.4 Å². The summed E-state index contributed by atoms with van der Waals surface area (Å²) in [6, 6.07) is 3.20. The predicted octanol–water partition coefficient (Wildman–Crippen LogP) is 1.56. The lowest BCUT2D eigenvalue weighted by molar-refractivity contribution is 0.0685. The summed E-state index contributed by atoms with van der Waals surface area (Å²) in [5.41, 5.74) is 0.225. The van der Waals surface area contributed by atoms with Gasteiger partial charge in [-0.25, -0.2) is 4.79 Å². The number of carbonyl (C=O) groups is 1. The average molecular weight is 277 g/mol. The normalized spacial score (nSPS) is 10.6. The lowest BCUT2D eigenvalue weighted by Crippen LogP contribution is -2.20. The number of aromatic nitrogens is 1. The van der Waals surface area contributed by atoms with Crippen LogP contribution in [0.25, 0.3) is 10.9 Å². The Morgan fingerprint density at radius 1 is 1.25 bits per heavy atom. The Balaban J connectivity index is 3.07. The molecule has 6 nitrogen and oxygen atoms in total. The maximum atomic E-state index is 12.4. The fraction of sp³-hybridized carbons (Fsp3) is 0.286. The summed E-state index contributed by atoms with van der Waals surface area (Å²) in [7, 11) is 4.54. The fourth-order valence-electron chi connectivity index (χ4n) is 2.35. The highest BCUT2D eigenvalue weighted by Gasteiger charge is 2.20. The molecular formula is C14H15NO5. The van der Waals surface area contributed by atoms with E-state index in [9.17, 15) is 14.7 Å². The van der Waals surface area contributed by atoms with Gasteiger partial charge in [-0.05, 0) is 13.0 Å². The van der Waals surface area contributed by atoms with Crippen LogP contribution in [0.2, 0.25) is 0 Å². The van der Waals surface area contributed by atoms with Gasteiger partial charge >= 0.3 is 5.97 Å². The van der Waals surface area contributed by atoms with Gasteiger partial charge in [-0.3, -0.25) is 4.79 Å². The molecule has 20 heavy (non-hydrogen) atoms. The molecule has 1 N–H and O–H groups in total. The van der Waals surface area contributed by atoms with Crippen molar-refractivity contribution >= 4 is 16.9 Å². The van der Waals surface area contributed by atoms with Crippen molar-refractivity contribution in [3.63, 3.8) is 0 Å².